The van der Waals surface area contributed by atoms with Crippen molar-refractivity contribution in [3.05, 3.63) is 11.8 Å². The number of likely N-dealkylation sites (N-methyl/N-ethyl adjacent to an activating group) is 1. The van der Waals surface area contributed by atoms with Crippen LogP contribution in [0.3, 0.4) is 0 Å². The summed E-state index contributed by atoms with van der Waals surface area (Å²) in [7, 11) is 2.13. The highest BCUT2D eigenvalue weighted by Crippen LogP contribution is 2.24. The van der Waals surface area contributed by atoms with Crippen LogP contribution in [0.15, 0.2) is 6.20 Å². The number of aryl methyl sites for hydroxylation is 1. The van der Waals surface area contributed by atoms with E-state index in [9.17, 15) is 0 Å². The summed E-state index contributed by atoms with van der Waals surface area (Å²) in [5, 5.41) is 0. The van der Waals surface area contributed by atoms with Gasteiger partial charge < -0.3 is 9.64 Å². The Hall–Kier alpha value is -1.40. The van der Waals surface area contributed by atoms with Crippen LogP contribution in [0.2, 0.25) is 0 Å². The SMILES string of the molecule is Cc1cnc(NN)nc1OCCN(C)C1CC1. The van der Waals surface area contributed by atoms with Crippen LogP contribution in [-0.2, 0) is 0 Å². The Morgan fingerprint density at radius 3 is 3.00 bits per heavy atom. The molecular formula is C11H19N5O. The Bertz CT molecular complexity index is 380. The number of ether oxygens (including phenoxy) is 1. The van der Waals surface area contributed by atoms with Gasteiger partial charge in [-0.1, -0.05) is 0 Å². The van der Waals surface area contributed by atoms with Crippen LogP contribution >= 0.6 is 0 Å². The highest BCUT2D eigenvalue weighted by atomic mass is 16.5. The maximum Gasteiger partial charge on any atom is 0.240 e. The lowest BCUT2D eigenvalue weighted by molar-refractivity contribution is 0.225. The molecule has 1 saturated carbocycles. The maximum absolute atomic E-state index is 5.64. The molecule has 0 amide bonds. The van der Waals surface area contributed by atoms with Crippen LogP contribution in [-0.4, -0.2) is 41.1 Å². The third-order valence-corrected chi connectivity index (χ3v) is 2.91. The lowest BCUT2D eigenvalue weighted by Gasteiger charge is -2.16. The summed E-state index contributed by atoms with van der Waals surface area (Å²) >= 11 is 0. The highest BCUT2D eigenvalue weighted by molar-refractivity contribution is 5.31. The highest BCUT2D eigenvalue weighted by Gasteiger charge is 2.25. The van der Waals surface area contributed by atoms with E-state index in [0.717, 1.165) is 18.2 Å². The molecule has 2 rings (SSSR count). The second kappa shape index (κ2) is 5.29. The first-order valence-electron chi connectivity index (χ1n) is 5.84. The quantitative estimate of drug-likeness (QED) is 0.555. The van der Waals surface area contributed by atoms with E-state index in [1.165, 1.54) is 12.8 Å². The maximum atomic E-state index is 5.64. The number of nitrogen functional groups attached to an aromatic ring is 1. The molecule has 0 aromatic carbocycles. The molecule has 1 aliphatic rings. The molecule has 0 spiro atoms. The van der Waals surface area contributed by atoms with Gasteiger partial charge in [0.1, 0.15) is 6.61 Å². The van der Waals surface area contributed by atoms with Gasteiger partial charge in [-0.25, -0.2) is 10.8 Å². The average molecular weight is 237 g/mol. The summed E-state index contributed by atoms with van der Waals surface area (Å²) in [4.78, 5) is 10.5. The van der Waals surface area contributed by atoms with Gasteiger partial charge in [-0.2, -0.15) is 4.98 Å². The summed E-state index contributed by atoms with van der Waals surface area (Å²) in [6, 6.07) is 0.756. The zero-order chi connectivity index (χ0) is 12.3. The zero-order valence-electron chi connectivity index (χ0n) is 10.3. The first kappa shape index (κ1) is 12.1. The van der Waals surface area contributed by atoms with Crippen molar-refractivity contribution >= 4 is 5.95 Å². The Morgan fingerprint density at radius 2 is 2.35 bits per heavy atom. The van der Waals surface area contributed by atoms with Crippen LogP contribution in [0.25, 0.3) is 0 Å². The van der Waals surface area contributed by atoms with Gasteiger partial charge in [-0.3, -0.25) is 5.43 Å². The fourth-order valence-corrected chi connectivity index (χ4v) is 1.63. The van der Waals surface area contributed by atoms with Crippen molar-refractivity contribution in [3.8, 4) is 5.88 Å². The number of hydrazine groups is 1. The van der Waals surface area contributed by atoms with Gasteiger partial charge in [-0.05, 0) is 26.8 Å². The van der Waals surface area contributed by atoms with E-state index >= 15 is 0 Å². The molecule has 1 aromatic rings. The number of hydrogen-bond donors (Lipinski definition) is 2. The second-order valence-electron chi connectivity index (χ2n) is 4.39. The lowest BCUT2D eigenvalue weighted by Crippen LogP contribution is -2.26. The van der Waals surface area contributed by atoms with Crippen LogP contribution in [0.4, 0.5) is 5.95 Å². The standard InChI is InChI=1S/C11H19N5O/c1-8-7-13-11(15-12)14-10(8)17-6-5-16(2)9-3-4-9/h7,9H,3-6,12H2,1-2H3,(H,13,14,15). The first-order valence-corrected chi connectivity index (χ1v) is 5.84. The molecule has 6 nitrogen and oxygen atoms in total. The summed E-state index contributed by atoms with van der Waals surface area (Å²) in [5.41, 5.74) is 3.32. The minimum absolute atomic E-state index is 0.376. The summed E-state index contributed by atoms with van der Waals surface area (Å²) < 4.78 is 5.64. The van der Waals surface area contributed by atoms with E-state index in [2.05, 4.69) is 27.3 Å². The predicted molar refractivity (Wildman–Crippen MR) is 65.7 cm³/mol. The smallest absolute Gasteiger partial charge is 0.240 e. The number of nitrogens with one attached hydrogen (secondary N) is 1. The Labute approximate surface area is 101 Å². The Kier molecular flexibility index (Phi) is 3.75. The zero-order valence-corrected chi connectivity index (χ0v) is 10.3. The van der Waals surface area contributed by atoms with Crippen LogP contribution in [0, 0.1) is 6.92 Å². The third-order valence-electron chi connectivity index (χ3n) is 2.91. The second-order valence-corrected chi connectivity index (χ2v) is 4.39. The topological polar surface area (TPSA) is 76.3 Å². The molecule has 0 bridgehead atoms. The van der Waals surface area contributed by atoms with Gasteiger partial charge in [0.2, 0.25) is 11.8 Å². The molecule has 3 N–H and O–H groups in total. The number of aromatic nitrogens is 2. The molecule has 0 radical (unpaired) electrons. The Morgan fingerprint density at radius 1 is 1.59 bits per heavy atom. The van der Waals surface area contributed by atoms with Crippen LogP contribution < -0.4 is 16.0 Å². The molecule has 6 heteroatoms. The molecule has 94 valence electrons. The minimum Gasteiger partial charge on any atom is -0.476 e. The van der Waals surface area contributed by atoms with E-state index in [1.807, 2.05) is 6.92 Å². The van der Waals surface area contributed by atoms with Crippen molar-refractivity contribution in [3.63, 3.8) is 0 Å². The molecule has 0 saturated heterocycles. The number of anilines is 1. The first-order chi connectivity index (χ1) is 8.20. The fraction of sp³-hybridized carbons (Fsp3) is 0.636. The molecule has 0 atom stereocenters. The van der Waals surface area contributed by atoms with Gasteiger partial charge in [0.25, 0.3) is 0 Å². The van der Waals surface area contributed by atoms with Crippen molar-refractivity contribution in [2.75, 3.05) is 25.6 Å². The monoisotopic (exact) mass is 237 g/mol. The van der Waals surface area contributed by atoms with Crippen molar-refractivity contribution in [2.45, 2.75) is 25.8 Å². The molecule has 1 aliphatic carbocycles. The molecule has 1 aromatic heterocycles. The molecule has 0 aliphatic heterocycles. The molecule has 1 heterocycles. The van der Waals surface area contributed by atoms with E-state index in [0.29, 0.717) is 18.4 Å². The van der Waals surface area contributed by atoms with Crippen molar-refractivity contribution in [2.24, 2.45) is 5.84 Å². The summed E-state index contributed by atoms with van der Waals surface area (Å²) in [6.07, 6.45) is 4.32. The lowest BCUT2D eigenvalue weighted by atomic mass is 10.4. The van der Waals surface area contributed by atoms with Gasteiger partial charge in [-0.15, -0.1) is 0 Å². The average Bonchev–Trinajstić information content (AvgIpc) is 3.15. The fourth-order valence-electron chi connectivity index (χ4n) is 1.63. The number of nitrogens with zero attached hydrogens (tertiary/aromatic N) is 3. The molecule has 17 heavy (non-hydrogen) atoms. The number of nitrogens with two attached hydrogens (primary N) is 1. The molecule has 0 unspecified atom stereocenters. The summed E-state index contributed by atoms with van der Waals surface area (Å²) in [5.74, 6) is 6.23. The normalized spacial score (nSPS) is 15.1. The largest absolute Gasteiger partial charge is 0.476 e. The van der Waals surface area contributed by atoms with Gasteiger partial charge in [0, 0.05) is 24.3 Å². The Balaban J connectivity index is 1.84. The van der Waals surface area contributed by atoms with E-state index in [-0.39, 0.29) is 0 Å². The van der Waals surface area contributed by atoms with Gasteiger partial charge in [0.05, 0.1) is 0 Å². The van der Waals surface area contributed by atoms with Crippen molar-refractivity contribution in [1.82, 2.24) is 14.9 Å². The van der Waals surface area contributed by atoms with Gasteiger partial charge >= 0.3 is 0 Å². The van der Waals surface area contributed by atoms with Crippen molar-refractivity contribution < 1.29 is 4.74 Å². The predicted octanol–water partition coefficient (Wildman–Crippen LogP) is 0.544. The van der Waals surface area contributed by atoms with Crippen molar-refractivity contribution in [1.29, 1.82) is 0 Å². The molecular weight excluding hydrogens is 218 g/mol. The third kappa shape index (κ3) is 3.28. The van der Waals surface area contributed by atoms with Crippen LogP contribution in [0.1, 0.15) is 18.4 Å². The number of hydrogen-bond acceptors (Lipinski definition) is 6. The van der Waals surface area contributed by atoms with Crippen LogP contribution in [0.5, 0.6) is 5.88 Å². The number of rotatable bonds is 6. The summed E-state index contributed by atoms with van der Waals surface area (Å²) in [6.45, 7) is 3.47. The minimum atomic E-state index is 0.376. The van der Waals surface area contributed by atoms with E-state index in [4.69, 9.17) is 10.6 Å². The molecule has 1 fully saturated rings. The van der Waals surface area contributed by atoms with E-state index in [1.54, 1.807) is 6.20 Å². The van der Waals surface area contributed by atoms with Gasteiger partial charge in [0.15, 0.2) is 0 Å². The van der Waals surface area contributed by atoms with E-state index < -0.39 is 0 Å².